The van der Waals surface area contributed by atoms with Gasteiger partial charge in [0.2, 0.25) is 0 Å². The Morgan fingerprint density at radius 1 is 1.53 bits per heavy atom. The number of nitrogens with one attached hydrogen (secondary N) is 1. The second-order valence-electron chi connectivity index (χ2n) is 4.32. The highest BCUT2D eigenvalue weighted by molar-refractivity contribution is 5.00. The fourth-order valence-corrected chi connectivity index (χ4v) is 2.31. The predicted molar refractivity (Wildman–Crippen MR) is 65.0 cm³/mol. The van der Waals surface area contributed by atoms with Gasteiger partial charge in [0, 0.05) is 32.7 Å². The predicted octanol–water partition coefficient (Wildman–Crippen LogP) is 1.60. The highest BCUT2D eigenvalue weighted by Gasteiger charge is 2.41. The van der Waals surface area contributed by atoms with Crippen LogP contribution >= 0.6 is 0 Å². The van der Waals surface area contributed by atoms with E-state index in [0.29, 0.717) is 6.04 Å². The van der Waals surface area contributed by atoms with Gasteiger partial charge < -0.3 is 19.2 Å². The molecule has 4 heteroatoms. The lowest BCUT2D eigenvalue weighted by Gasteiger charge is -2.43. The first kappa shape index (κ1) is 12.6. The normalized spacial score (nSPS) is 28.0. The summed E-state index contributed by atoms with van der Waals surface area (Å²) in [6, 6.07) is 4.33. The molecule has 0 spiro atoms. The molecule has 0 bridgehead atoms. The van der Waals surface area contributed by atoms with E-state index in [2.05, 4.69) is 5.32 Å². The fourth-order valence-electron chi connectivity index (χ4n) is 2.31. The van der Waals surface area contributed by atoms with Crippen LogP contribution in [0.3, 0.4) is 0 Å². The number of hydrogen-bond donors (Lipinski definition) is 1. The summed E-state index contributed by atoms with van der Waals surface area (Å²) in [5.74, 6) is 1.02. The van der Waals surface area contributed by atoms with Crippen LogP contribution in [0.5, 0.6) is 0 Å². The van der Waals surface area contributed by atoms with Gasteiger partial charge in [0.15, 0.2) is 0 Å². The molecule has 1 aromatic rings. The summed E-state index contributed by atoms with van der Waals surface area (Å²) in [7, 11) is 1.75. The van der Waals surface area contributed by atoms with Crippen molar-refractivity contribution in [3.05, 3.63) is 24.2 Å². The molecule has 0 aromatic carbocycles. The van der Waals surface area contributed by atoms with Crippen LogP contribution in [0.1, 0.15) is 19.1 Å². The van der Waals surface area contributed by atoms with E-state index in [1.807, 2.05) is 19.1 Å². The first-order valence-corrected chi connectivity index (χ1v) is 6.25. The molecule has 1 fully saturated rings. The van der Waals surface area contributed by atoms with E-state index in [4.69, 9.17) is 13.9 Å². The average molecular weight is 239 g/mol. The van der Waals surface area contributed by atoms with Gasteiger partial charge >= 0.3 is 0 Å². The zero-order valence-electron chi connectivity index (χ0n) is 10.5. The lowest BCUT2D eigenvalue weighted by Crippen LogP contribution is -2.60. The quantitative estimate of drug-likeness (QED) is 0.785. The molecule has 0 amide bonds. The minimum absolute atomic E-state index is 0.187. The molecule has 1 saturated carbocycles. The van der Waals surface area contributed by atoms with Gasteiger partial charge in [-0.15, -0.1) is 0 Å². The smallest absolute Gasteiger partial charge is 0.105 e. The maximum Gasteiger partial charge on any atom is 0.105 e. The third kappa shape index (κ3) is 3.09. The topological polar surface area (TPSA) is 43.6 Å². The second-order valence-corrected chi connectivity index (χ2v) is 4.32. The standard InChI is InChI=1S/C13H21NO3/c1-3-16-12-9-11(13(12)15-2)14-7-6-10-5-4-8-17-10/h4-5,8,11-14H,3,6-7,9H2,1-2H3. The summed E-state index contributed by atoms with van der Waals surface area (Å²) < 4.78 is 16.3. The SMILES string of the molecule is CCOC1CC(NCCc2ccco2)C1OC. The molecule has 1 N–H and O–H groups in total. The largest absolute Gasteiger partial charge is 0.469 e. The van der Waals surface area contributed by atoms with E-state index in [9.17, 15) is 0 Å². The molecule has 0 aliphatic heterocycles. The van der Waals surface area contributed by atoms with Gasteiger partial charge in [-0.1, -0.05) is 0 Å². The van der Waals surface area contributed by atoms with Crippen LogP contribution in [-0.4, -0.2) is 38.5 Å². The molecule has 0 radical (unpaired) electrons. The Morgan fingerprint density at radius 3 is 3.06 bits per heavy atom. The molecule has 1 aliphatic rings. The molecular weight excluding hydrogens is 218 g/mol. The first-order valence-electron chi connectivity index (χ1n) is 6.25. The van der Waals surface area contributed by atoms with Crippen LogP contribution in [0.2, 0.25) is 0 Å². The Labute approximate surface area is 102 Å². The molecule has 0 saturated heterocycles. The molecule has 1 aromatic heterocycles. The van der Waals surface area contributed by atoms with Crippen molar-refractivity contribution in [2.75, 3.05) is 20.3 Å². The average Bonchev–Trinajstić information content (AvgIpc) is 2.80. The second kappa shape index (κ2) is 6.19. The van der Waals surface area contributed by atoms with Gasteiger partial charge in [-0.2, -0.15) is 0 Å². The number of hydrogen-bond acceptors (Lipinski definition) is 4. The van der Waals surface area contributed by atoms with Gasteiger partial charge in [-0.05, 0) is 25.5 Å². The Kier molecular flexibility index (Phi) is 4.59. The number of methoxy groups -OCH3 is 1. The Hall–Kier alpha value is -0.840. The van der Waals surface area contributed by atoms with E-state index in [-0.39, 0.29) is 12.2 Å². The minimum atomic E-state index is 0.187. The zero-order valence-corrected chi connectivity index (χ0v) is 10.5. The zero-order chi connectivity index (χ0) is 12.1. The first-order chi connectivity index (χ1) is 8.35. The summed E-state index contributed by atoms with van der Waals surface area (Å²) in [5.41, 5.74) is 0. The van der Waals surface area contributed by atoms with Crippen LogP contribution in [0.4, 0.5) is 0 Å². The van der Waals surface area contributed by atoms with Gasteiger partial charge in [-0.3, -0.25) is 0 Å². The molecule has 3 unspecified atom stereocenters. The number of furan rings is 1. The minimum Gasteiger partial charge on any atom is -0.469 e. The van der Waals surface area contributed by atoms with Gasteiger partial charge in [0.1, 0.15) is 5.76 Å². The Bertz CT molecular complexity index is 312. The van der Waals surface area contributed by atoms with E-state index in [1.165, 1.54) is 0 Å². The van der Waals surface area contributed by atoms with Crippen molar-refractivity contribution in [1.29, 1.82) is 0 Å². The van der Waals surface area contributed by atoms with Crippen molar-refractivity contribution >= 4 is 0 Å². The molecule has 3 atom stereocenters. The van der Waals surface area contributed by atoms with Crippen LogP contribution in [-0.2, 0) is 15.9 Å². The molecule has 17 heavy (non-hydrogen) atoms. The van der Waals surface area contributed by atoms with Crippen LogP contribution in [0.15, 0.2) is 22.8 Å². The van der Waals surface area contributed by atoms with Gasteiger partial charge in [0.05, 0.1) is 18.5 Å². The van der Waals surface area contributed by atoms with E-state index in [1.54, 1.807) is 13.4 Å². The fraction of sp³-hybridized carbons (Fsp3) is 0.692. The molecule has 4 nitrogen and oxygen atoms in total. The van der Waals surface area contributed by atoms with Crippen molar-refractivity contribution < 1.29 is 13.9 Å². The molecule has 1 aliphatic carbocycles. The Balaban J connectivity index is 1.66. The van der Waals surface area contributed by atoms with Crippen molar-refractivity contribution in [1.82, 2.24) is 5.32 Å². The molecule has 2 rings (SSSR count). The molecule has 1 heterocycles. The summed E-state index contributed by atoms with van der Waals surface area (Å²) in [4.78, 5) is 0. The molecule has 96 valence electrons. The third-order valence-corrected chi connectivity index (χ3v) is 3.26. The molecular formula is C13H21NO3. The van der Waals surface area contributed by atoms with E-state index in [0.717, 1.165) is 31.8 Å². The third-order valence-electron chi connectivity index (χ3n) is 3.26. The monoisotopic (exact) mass is 239 g/mol. The van der Waals surface area contributed by atoms with Crippen LogP contribution in [0.25, 0.3) is 0 Å². The highest BCUT2D eigenvalue weighted by atomic mass is 16.5. The van der Waals surface area contributed by atoms with E-state index >= 15 is 0 Å². The van der Waals surface area contributed by atoms with Gasteiger partial charge in [0.25, 0.3) is 0 Å². The maximum atomic E-state index is 5.58. The summed E-state index contributed by atoms with van der Waals surface area (Å²) >= 11 is 0. The number of ether oxygens (including phenoxy) is 2. The lowest BCUT2D eigenvalue weighted by atomic mass is 9.85. The highest BCUT2D eigenvalue weighted by Crippen LogP contribution is 2.26. The van der Waals surface area contributed by atoms with Crippen LogP contribution in [0, 0.1) is 0 Å². The summed E-state index contributed by atoms with van der Waals surface area (Å²) in [6.07, 6.45) is 4.10. The summed E-state index contributed by atoms with van der Waals surface area (Å²) in [6.45, 7) is 3.69. The van der Waals surface area contributed by atoms with Gasteiger partial charge in [-0.25, -0.2) is 0 Å². The van der Waals surface area contributed by atoms with Crippen molar-refractivity contribution in [2.24, 2.45) is 0 Å². The van der Waals surface area contributed by atoms with Crippen LogP contribution < -0.4 is 5.32 Å². The van der Waals surface area contributed by atoms with Crippen molar-refractivity contribution in [3.8, 4) is 0 Å². The maximum absolute atomic E-state index is 5.58. The number of rotatable bonds is 7. The van der Waals surface area contributed by atoms with Crippen molar-refractivity contribution in [3.63, 3.8) is 0 Å². The Morgan fingerprint density at radius 2 is 2.41 bits per heavy atom. The summed E-state index contributed by atoms with van der Waals surface area (Å²) in [5, 5.41) is 3.48. The van der Waals surface area contributed by atoms with E-state index < -0.39 is 0 Å². The lowest BCUT2D eigenvalue weighted by molar-refractivity contribution is -0.131. The van der Waals surface area contributed by atoms with Crippen molar-refractivity contribution in [2.45, 2.75) is 38.0 Å².